The average molecular weight is 254 g/mol. The second-order valence-corrected chi connectivity index (χ2v) is 7.99. The molecule has 2 rings (SSSR count). The zero-order chi connectivity index (χ0) is 12.1. The maximum atomic E-state index is 4.30. The van der Waals surface area contributed by atoms with Crippen molar-refractivity contribution in [3.63, 3.8) is 0 Å². The Morgan fingerprint density at radius 3 is 1.94 bits per heavy atom. The summed E-state index contributed by atoms with van der Waals surface area (Å²) in [5, 5.41) is 4.30. The van der Waals surface area contributed by atoms with Gasteiger partial charge >= 0.3 is 0 Å². The van der Waals surface area contributed by atoms with Gasteiger partial charge in [-0.25, -0.2) is 0 Å². The monoisotopic (exact) mass is 254 g/mol. The first-order valence-corrected chi connectivity index (χ1v) is 7.06. The van der Waals surface area contributed by atoms with Crippen LogP contribution in [0, 0.1) is 0 Å². The van der Waals surface area contributed by atoms with Gasteiger partial charge in [-0.2, -0.15) is 0 Å². The number of hydrogen-bond donors (Lipinski definition) is 0. The molecule has 0 aromatic carbocycles. The number of thiophene rings is 1. The number of rotatable bonds is 0. The summed E-state index contributed by atoms with van der Waals surface area (Å²) < 4.78 is 5.39. The van der Waals surface area contributed by atoms with E-state index in [-0.39, 0.29) is 10.8 Å². The van der Waals surface area contributed by atoms with Gasteiger partial charge in [0, 0.05) is 9.75 Å². The Bertz CT molecular complexity index is 466. The van der Waals surface area contributed by atoms with Gasteiger partial charge in [0.05, 0.1) is 4.70 Å². The third-order valence-electron chi connectivity index (χ3n) is 2.48. The Balaban J connectivity index is 2.75. The minimum absolute atomic E-state index is 0.155. The highest BCUT2D eigenvalue weighted by Crippen LogP contribution is 2.44. The molecule has 0 aliphatic carbocycles. The summed E-state index contributed by atoms with van der Waals surface area (Å²) in [4.78, 5) is 2.78. The average Bonchev–Trinajstić information content (AvgIpc) is 2.54. The highest BCUT2D eigenvalue weighted by Gasteiger charge is 2.29. The summed E-state index contributed by atoms with van der Waals surface area (Å²) in [6, 6.07) is 0. The van der Waals surface area contributed by atoms with E-state index in [0.717, 1.165) is 5.52 Å². The van der Waals surface area contributed by atoms with Crippen LogP contribution in [0.1, 0.15) is 51.3 Å². The molecule has 0 radical (unpaired) electrons. The molecule has 0 aliphatic rings. The molecule has 2 aromatic heterocycles. The predicted octanol–water partition coefficient (Wildman–Crippen LogP) is 4.35. The van der Waals surface area contributed by atoms with Crippen molar-refractivity contribution in [3.8, 4) is 0 Å². The first-order chi connectivity index (χ1) is 7.21. The molecular weight excluding hydrogens is 236 g/mol. The summed E-state index contributed by atoms with van der Waals surface area (Å²) in [5.41, 5.74) is 1.45. The summed E-state index contributed by atoms with van der Waals surface area (Å²) in [5.74, 6) is 0. The van der Waals surface area contributed by atoms with Crippen molar-refractivity contribution in [2.24, 2.45) is 0 Å². The van der Waals surface area contributed by atoms with Crippen molar-refractivity contribution in [3.05, 3.63) is 9.75 Å². The predicted molar refractivity (Wildman–Crippen MR) is 72.7 cm³/mol. The lowest BCUT2D eigenvalue weighted by Gasteiger charge is -2.18. The Morgan fingerprint density at radius 2 is 1.44 bits per heavy atom. The second kappa shape index (κ2) is 3.50. The number of aromatic nitrogens is 2. The third-order valence-corrected chi connectivity index (χ3v) is 5.38. The SMILES string of the molecule is CC(C)(C)c1sc(C(C)(C)C)c2snnc12. The van der Waals surface area contributed by atoms with Crippen LogP contribution in [0.15, 0.2) is 0 Å². The van der Waals surface area contributed by atoms with Crippen LogP contribution in [-0.2, 0) is 10.8 Å². The standard InChI is InChI=1S/C12H18N2S2/c1-11(2,3)9-7-8(16-14-13-7)10(15-9)12(4,5)6/h1-6H3. The van der Waals surface area contributed by atoms with Crippen LogP contribution in [-0.4, -0.2) is 9.59 Å². The lowest BCUT2D eigenvalue weighted by Crippen LogP contribution is -2.10. The molecule has 2 heterocycles. The molecule has 0 fully saturated rings. The van der Waals surface area contributed by atoms with Crippen molar-refractivity contribution in [2.75, 3.05) is 0 Å². The molecule has 0 aliphatic heterocycles. The van der Waals surface area contributed by atoms with Crippen LogP contribution in [0.25, 0.3) is 10.2 Å². The molecule has 0 spiro atoms. The zero-order valence-corrected chi connectivity index (χ0v) is 12.3. The van der Waals surface area contributed by atoms with Crippen LogP contribution in [0.4, 0.5) is 0 Å². The van der Waals surface area contributed by atoms with E-state index in [0.29, 0.717) is 0 Å². The van der Waals surface area contributed by atoms with Gasteiger partial charge in [0.15, 0.2) is 0 Å². The van der Waals surface area contributed by atoms with Crippen LogP contribution < -0.4 is 0 Å². The van der Waals surface area contributed by atoms with Gasteiger partial charge in [0.2, 0.25) is 0 Å². The minimum atomic E-state index is 0.155. The molecule has 0 N–H and O–H groups in total. The molecule has 0 saturated carbocycles. The largest absolute Gasteiger partial charge is 0.140 e. The van der Waals surface area contributed by atoms with Gasteiger partial charge in [0.25, 0.3) is 0 Å². The van der Waals surface area contributed by atoms with E-state index < -0.39 is 0 Å². The van der Waals surface area contributed by atoms with E-state index >= 15 is 0 Å². The summed E-state index contributed by atoms with van der Waals surface area (Å²) in [6.07, 6.45) is 0. The zero-order valence-electron chi connectivity index (χ0n) is 10.7. The van der Waals surface area contributed by atoms with Gasteiger partial charge in [-0.3, -0.25) is 0 Å². The Kier molecular flexibility index (Phi) is 2.63. The van der Waals surface area contributed by atoms with Gasteiger partial charge in [-0.1, -0.05) is 46.0 Å². The van der Waals surface area contributed by atoms with Crippen molar-refractivity contribution in [1.29, 1.82) is 0 Å². The molecule has 88 valence electrons. The van der Waals surface area contributed by atoms with Gasteiger partial charge in [-0.15, -0.1) is 16.4 Å². The normalized spacial score (nSPS) is 13.6. The molecule has 0 saturated heterocycles. The van der Waals surface area contributed by atoms with E-state index in [1.165, 1.54) is 26.0 Å². The Hall–Kier alpha value is -0.480. The van der Waals surface area contributed by atoms with Crippen LogP contribution >= 0.6 is 22.9 Å². The first kappa shape index (κ1) is 12.0. The van der Waals surface area contributed by atoms with Crippen LogP contribution in [0.5, 0.6) is 0 Å². The number of fused-ring (bicyclic) bond motifs is 1. The molecule has 2 nitrogen and oxygen atoms in total. The Morgan fingerprint density at radius 1 is 0.875 bits per heavy atom. The highest BCUT2D eigenvalue weighted by molar-refractivity contribution is 7.21. The molecular formula is C12H18N2S2. The summed E-state index contributed by atoms with van der Waals surface area (Å²) in [6.45, 7) is 13.5. The summed E-state index contributed by atoms with van der Waals surface area (Å²) in [7, 11) is 0. The van der Waals surface area contributed by atoms with Gasteiger partial charge in [-0.05, 0) is 22.4 Å². The molecule has 4 heteroatoms. The van der Waals surface area contributed by atoms with Crippen LogP contribution in [0.2, 0.25) is 0 Å². The first-order valence-electron chi connectivity index (χ1n) is 5.47. The van der Waals surface area contributed by atoms with Gasteiger partial charge < -0.3 is 0 Å². The number of hydrogen-bond acceptors (Lipinski definition) is 4. The quantitative estimate of drug-likeness (QED) is 0.698. The smallest absolute Gasteiger partial charge is 0.120 e. The van der Waals surface area contributed by atoms with Crippen molar-refractivity contribution in [2.45, 2.75) is 52.4 Å². The lowest BCUT2D eigenvalue weighted by atomic mass is 9.92. The maximum Gasteiger partial charge on any atom is 0.120 e. The van der Waals surface area contributed by atoms with Gasteiger partial charge in [0.1, 0.15) is 5.52 Å². The van der Waals surface area contributed by atoms with Crippen molar-refractivity contribution < 1.29 is 0 Å². The Labute approximate surface area is 105 Å². The van der Waals surface area contributed by atoms with E-state index in [9.17, 15) is 0 Å². The molecule has 2 aromatic rings. The van der Waals surface area contributed by atoms with Crippen molar-refractivity contribution >= 4 is 33.1 Å². The molecule has 16 heavy (non-hydrogen) atoms. The van der Waals surface area contributed by atoms with Crippen LogP contribution in [0.3, 0.4) is 0 Å². The van der Waals surface area contributed by atoms with E-state index in [4.69, 9.17) is 0 Å². The topological polar surface area (TPSA) is 25.8 Å². The molecule has 0 bridgehead atoms. The summed E-state index contributed by atoms with van der Waals surface area (Å²) >= 11 is 3.43. The minimum Gasteiger partial charge on any atom is -0.140 e. The molecule has 0 amide bonds. The van der Waals surface area contributed by atoms with E-state index in [1.54, 1.807) is 0 Å². The third kappa shape index (κ3) is 1.89. The highest BCUT2D eigenvalue weighted by atomic mass is 32.1. The fourth-order valence-corrected chi connectivity index (χ4v) is 4.06. The second-order valence-electron chi connectivity index (χ2n) is 6.21. The number of nitrogens with zero attached hydrogens (tertiary/aromatic N) is 2. The van der Waals surface area contributed by atoms with E-state index in [2.05, 4.69) is 51.1 Å². The van der Waals surface area contributed by atoms with Crippen molar-refractivity contribution in [1.82, 2.24) is 9.59 Å². The lowest BCUT2D eigenvalue weighted by molar-refractivity contribution is 0.604. The molecule has 0 unspecified atom stereocenters. The molecule has 0 atom stereocenters. The maximum absolute atomic E-state index is 4.30. The fraction of sp³-hybridized carbons (Fsp3) is 0.667. The fourth-order valence-electron chi connectivity index (χ4n) is 1.69. The van der Waals surface area contributed by atoms with E-state index in [1.807, 2.05) is 11.3 Å².